The first-order valence-corrected chi connectivity index (χ1v) is 6.12. The number of ether oxygens (including phenoxy) is 1. The van der Waals surface area contributed by atoms with Gasteiger partial charge in [0, 0.05) is 7.11 Å². The molecule has 1 unspecified atom stereocenters. The lowest BCUT2D eigenvalue weighted by Crippen LogP contribution is -2.17. The first-order valence-electron chi connectivity index (χ1n) is 6.12. The van der Waals surface area contributed by atoms with Crippen LogP contribution in [0.2, 0.25) is 0 Å². The fourth-order valence-corrected chi connectivity index (χ4v) is 1.99. The van der Waals surface area contributed by atoms with Crippen LogP contribution >= 0.6 is 0 Å². The van der Waals surface area contributed by atoms with E-state index in [2.05, 4.69) is 6.58 Å². The second kappa shape index (κ2) is 7.04. The SMILES string of the molecule is C=CCC(C[C@@H](OC)c1ccc(F)c(C)c1)C(=O)O. The van der Waals surface area contributed by atoms with Crippen LogP contribution in [0.4, 0.5) is 4.39 Å². The number of halogens is 1. The minimum absolute atomic E-state index is 0.278. The summed E-state index contributed by atoms with van der Waals surface area (Å²) in [5, 5.41) is 9.13. The van der Waals surface area contributed by atoms with Gasteiger partial charge in [0.2, 0.25) is 0 Å². The van der Waals surface area contributed by atoms with Crippen LogP contribution in [0.25, 0.3) is 0 Å². The summed E-state index contributed by atoms with van der Waals surface area (Å²) in [5.74, 6) is -1.70. The summed E-state index contributed by atoms with van der Waals surface area (Å²) in [6, 6.07) is 4.69. The van der Waals surface area contributed by atoms with Gasteiger partial charge in [-0.25, -0.2) is 4.39 Å². The van der Waals surface area contributed by atoms with Crippen molar-refractivity contribution in [2.45, 2.75) is 25.9 Å². The van der Waals surface area contributed by atoms with Crippen molar-refractivity contribution in [3.8, 4) is 0 Å². The number of carboxylic acids is 1. The van der Waals surface area contributed by atoms with Gasteiger partial charge in [0.1, 0.15) is 5.82 Å². The maximum Gasteiger partial charge on any atom is 0.306 e. The highest BCUT2D eigenvalue weighted by Gasteiger charge is 2.22. The van der Waals surface area contributed by atoms with Gasteiger partial charge in [0.15, 0.2) is 0 Å². The van der Waals surface area contributed by atoms with Crippen molar-refractivity contribution in [1.82, 2.24) is 0 Å². The molecule has 1 aromatic rings. The molecule has 0 fully saturated rings. The van der Waals surface area contributed by atoms with Crippen molar-refractivity contribution in [3.05, 3.63) is 47.8 Å². The van der Waals surface area contributed by atoms with Crippen LogP contribution in [0, 0.1) is 18.7 Å². The monoisotopic (exact) mass is 266 g/mol. The van der Waals surface area contributed by atoms with Gasteiger partial charge < -0.3 is 9.84 Å². The average molecular weight is 266 g/mol. The van der Waals surface area contributed by atoms with Crippen molar-refractivity contribution < 1.29 is 19.0 Å². The van der Waals surface area contributed by atoms with Gasteiger partial charge in [-0.2, -0.15) is 0 Å². The smallest absolute Gasteiger partial charge is 0.306 e. The average Bonchev–Trinajstić information content (AvgIpc) is 2.37. The fourth-order valence-electron chi connectivity index (χ4n) is 1.99. The van der Waals surface area contributed by atoms with Crippen LogP contribution in [0.3, 0.4) is 0 Å². The molecule has 2 atom stereocenters. The van der Waals surface area contributed by atoms with E-state index in [4.69, 9.17) is 9.84 Å². The lowest BCUT2D eigenvalue weighted by molar-refractivity contribution is -0.143. The summed E-state index contributed by atoms with van der Waals surface area (Å²) >= 11 is 0. The summed E-state index contributed by atoms with van der Waals surface area (Å²) in [7, 11) is 1.52. The molecule has 104 valence electrons. The van der Waals surface area contributed by atoms with Crippen molar-refractivity contribution in [3.63, 3.8) is 0 Å². The van der Waals surface area contributed by atoms with E-state index in [9.17, 15) is 9.18 Å². The number of aliphatic carboxylic acids is 1. The molecule has 3 nitrogen and oxygen atoms in total. The Morgan fingerprint density at radius 3 is 2.74 bits per heavy atom. The Balaban J connectivity index is 2.89. The molecule has 0 aliphatic rings. The largest absolute Gasteiger partial charge is 0.481 e. The lowest BCUT2D eigenvalue weighted by Gasteiger charge is -2.20. The molecular formula is C15H19FO3. The van der Waals surface area contributed by atoms with E-state index in [1.807, 2.05) is 0 Å². The molecule has 0 amide bonds. The highest BCUT2D eigenvalue weighted by Crippen LogP contribution is 2.27. The molecule has 1 N–H and O–H groups in total. The standard InChI is InChI=1S/C15H19FO3/c1-4-5-12(15(17)18)9-14(19-3)11-6-7-13(16)10(2)8-11/h4,6-8,12,14H,1,5,9H2,2-3H3,(H,17,18)/t12?,14-/m1/s1. The minimum atomic E-state index is -0.874. The first kappa shape index (κ1) is 15.4. The second-order valence-corrected chi connectivity index (χ2v) is 4.53. The Bertz CT molecular complexity index is 457. The van der Waals surface area contributed by atoms with Crippen LogP contribution in [-0.2, 0) is 9.53 Å². The van der Waals surface area contributed by atoms with E-state index >= 15 is 0 Å². The number of rotatable bonds is 7. The highest BCUT2D eigenvalue weighted by molar-refractivity contribution is 5.70. The third-order valence-electron chi connectivity index (χ3n) is 3.14. The zero-order chi connectivity index (χ0) is 14.4. The Kier molecular flexibility index (Phi) is 5.70. The first-order chi connectivity index (χ1) is 8.99. The second-order valence-electron chi connectivity index (χ2n) is 4.53. The Morgan fingerprint density at radius 1 is 1.58 bits per heavy atom. The number of carbonyl (C=O) groups is 1. The molecule has 0 radical (unpaired) electrons. The van der Waals surface area contributed by atoms with Gasteiger partial charge in [0.05, 0.1) is 12.0 Å². The molecule has 0 saturated carbocycles. The molecule has 0 aliphatic carbocycles. The molecule has 0 heterocycles. The predicted molar refractivity (Wildman–Crippen MR) is 71.4 cm³/mol. The third kappa shape index (κ3) is 4.17. The van der Waals surface area contributed by atoms with Crippen molar-refractivity contribution in [2.24, 2.45) is 5.92 Å². The molecule has 1 aromatic carbocycles. The topological polar surface area (TPSA) is 46.5 Å². The number of methoxy groups -OCH3 is 1. The van der Waals surface area contributed by atoms with E-state index in [1.165, 1.54) is 13.2 Å². The van der Waals surface area contributed by atoms with Crippen molar-refractivity contribution in [2.75, 3.05) is 7.11 Å². The fraction of sp³-hybridized carbons (Fsp3) is 0.400. The summed E-state index contributed by atoms with van der Waals surface area (Å²) < 4.78 is 18.6. The molecule has 0 bridgehead atoms. The van der Waals surface area contributed by atoms with Crippen molar-refractivity contribution in [1.29, 1.82) is 0 Å². The maximum absolute atomic E-state index is 13.2. The number of allylic oxidation sites excluding steroid dienone is 1. The summed E-state index contributed by atoms with van der Waals surface area (Å²) in [4.78, 5) is 11.1. The summed E-state index contributed by atoms with van der Waals surface area (Å²) in [5.41, 5.74) is 1.31. The Hall–Kier alpha value is -1.68. The number of benzene rings is 1. The van der Waals surface area contributed by atoms with E-state index in [-0.39, 0.29) is 11.9 Å². The molecule has 1 rings (SSSR count). The van der Waals surface area contributed by atoms with Gasteiger partial charge in [-0.05, 0) is 37.0 Å². The molecule has 0 aromatic heterocycles. The van der Waals surface area contributed by atoms with Crippen LogP contribution < -0.4 is 0 Å². The van der Waals surface area contributed by atoms with Gasteiger partial charge in [-0.15, -0.1) is 6.58 Å². The summed E-state index contributed by atoms with van der Waals surface area (Å²) in [6.07, 6.45) is 1.94. The van der Waals surface area contributed by atoms with Crippen LogP contribution in [-0.4, -0.2) is 18.2 Å². The normalized spacial score (nSPS) is 13.8. The van der Waals surface area contributed by atoms with Crippen LogP contribution in [0.5, 0.6) is 0 Å². The number of carboxylic acid groups (broad SMARTS) is 1. The number of hydrogen-bond donors (Lipinski definition) is 1. The van der Waals surface area contributed by atoms with Gasteiger partial charge in [-0.1, -0.05) is 18.2 Å². The molecule has 0 saturated heterocycles. The number of hydrogen-bond acceptors (Lipinski definition) is 2. The third-order valence-corrected chi connectivity index (χ3v) is 3.14. The van der Waals surface area contributed by atoms with Crippen LogP contribution in [0.1, 0.15) is 30.1 Å². The van der Waals surface area contributed by atoms with E-state index in [1.54, 1.807) is 25.1 Å². The van der Waals surface area contributed by atoms with Gasteiger partial charge in [0.25, 0.3) is 0 Å². The molecule has 0 aliphatic heterocycles. The van der Waals surface area contributed by atoms with Gasteiger partial charge in [-0.3, -0.25) is 4.79 Å². The zero-order valence-corrected chi connectivity index (χ0v) is 11.2. The van der Waals surface area contributed by atoms with Crippen LogP contribution in [0.15, 0.2) is 30.9 Å². The molecule has 0 spiro atoms. The lowest BCUT2D eigenvalue weighted by atomic mass is 9.93. The quantitative estimate of drug-likeness (QED) is 0.768. The van der Waals surface area contributed by atoms with Gasteiger partial charge >= 0.3 is 5.97 Å². The Morgan fingerprint density at radius 2 is 2.26 bits per heavy atom. The summed E-state index contributed by atoms with van der Waals surface area (Å²) in [6.45, 7) is 5.23. The molecule has 19 heavy (non-hydrogen) atoms. The van der Waals surface area contributed by atoms with Crippen molar-refractivity contribution >= 4 is 5.97 Å². The maximum atomic E-state index is 13.2. The molecule has 4 heteroatoms. The predicted octanol–water partition coefficient (Wildman–Crippen LogP) is 3.49. The number of aryl methyl sites for hydroxylation is 1. The Labute approximate surface area is 112 Å². The zero-order valence-electron chi connectivity index (χ0n) is 11.2. The van der Waals surface area contributed by atoms with E-state index in [0.717, 1.165) is 5.56 Å². The van der Waals surface area contributed by atoms with E-state index in [0.29, 0.717) is 18.4 Å². The highest BCUT2D eigenvalue weighted by atomic mass is 19.1. The minimum Gasteiger partial charge on any atom is -0.481 e. The van der Waals surface area contributed by atoms with E-state index < -0.39 is 11.9 Å². The molecular weight excluding hydrogens is 247 g/mol.